The van der Waals surface area contributed by atoms with Crippen LogP contribution >= 0.6 is 0 Å². The Hall–Kier alpha value is -1.64. The highest BCUT2D eigenvalue weighted by Gasteiger charge is 2.55. The van der Waals surface area contributed by atoms with Crippen molar-refractivity contribution in [1.82, 2.24) is 0 Å². The lowest BCUT2D eigenvalue weighted by Gasteiger charge is -2.49. The van der Waals surface area contributed by atoms with Crippen LogP contribution in [0.2, 0.25) is 0 Å². The van der Waals surface area contributed by atoms with E-state index in [0.29, 0.717) is 11.8 Å². The second-order valence-corrected chi connectivity index (χ2v) is 9.29. The molecule has 2 aliphatic carbocycles. The summed E-state index contributed by atoms with van der Waals surface area (Å²) in [6.45, 7) is 9.66. The summed E-state index contributed by atoms with van der Waals surface area (Å²) in [7, 11) is 3.40. The van der Waals surface area contributed by atoms with Gasteiger partial charge in [-0.2, -0.15) is 0 Å². The Morgan fingerprint density at radius 3 is 2.42 bits per heavy atom. The predicted molar refractivity (Wildman–Crippen MR) is 104 cm³/mol. The molecular formula is C23H32O3. The number of rotatable bonds is 2. The summed E-state index contributed by atoms with van der Waals surface area (Å²) in [5.74, 6) is 3.41. The molecule has 1 saturated carbocycles. The lowest BCUT2D eigenvalue weighted by atomic mass is 9.54. The molecule has 3 nitrogen and oxygen atoms in total. The smallest absolute Gasteiger partial charge is 0.164 e. The van der Waals surface area contributed by atoms with Crippen LogP contribution in [0.15, 0.2) is 23.8 Å². The highest BCUT2D eigenvalue weighted by molar-refractivity contribution is 5.56. The van der Waals surface area contributed by atoms with Gasteiger partial charge in [0.25, 0.3) is 0 Å². The molecule has 142 valence electrons. The van der Waals surface area contributed by atoms with Gasteiger partial charge in [-0.05, 0) is 42.1 Å². The van der Waals surface area contributed by atoms with Crippen molar-refractivity contribution in [2.24, 2.45) is 16.7 Å². The first kappa shape index (κ1) is 17.8. The zero-order valence-corrected chi connectivity index (χ0v) is 17.0. The summed E-state index contributed by atoms with van der Waals surface area (Å²) in [6.07, 6.45) is 7.65. The van der Waals surface area contributed by atoms with Crippen LogP contribution in [0, 0.1) is 16.7 Å². The van der Waals surface area contributed by atoms with Gasteiger partial charge in [0.15, 0.2) is 11.5 Å². The fourth-order valence-electron chi connectivity index (χ4n) is 5.97. The predicted octanol–water partition coefficient (Wildman–Crippen LogP) is 5.73. The maximum atomic E-state index is 6.56. The van der Waals surface area contributed by atoms with E-state index in [1.54, 1.807) is 19.8 Å². The summed E-state index contributed by atoms with van der Waals surface area (Å²) in [5.41, 5.74) is 3.34. The minimum atomic E-state index is 0.141. The third-order valence-corrected chi connectivity index (χ3v) is 7.23. The van der Waals surface area contributed by atoms with Crippen molar-refractivity contribution in [2.75, 3.05) is 14.2 Å². The van der Waals surface area contributed by atoms with Gasteiger partial charge in [-0.1, -0.05) is 45.8 Å². The van der Waals surface area contributed by atoms with Gasteiger partial charge in [0.1, 0.15) is 11.9 Å². The second kappa shape index (κ2) is 5.94. The normalized spacial score (nSPS) is 34.5. The molecule has 0 N–H and O–H groups in total. The standard InChI is InChI=1S/C23H32O3/c1-14-8-9-19-22(2,3)10-7-11-23(19,4)20-15-12-17(24-5)18(25-6)13-16(15)26-21(14)20/h9,12-14,20-21H,7-8,10-11H2,1-6H3/t14-,20?,21+,23+/m1/s1. The largest absolute Gasteiger partial charge is 0.493 e. The van der Waals surface area contributed by atoms with E-state index in [1.807, 2.05) is 6.07 Å². The van der Waals surface area contributed by atoms with Crippen molar-refractivity contribution < 1.29 is 14.2 Å². The number of hydrogen-bond acceptors (Lipinski definition) is 3. The molecule has 0 spiro atoms. The van der Waals surface area contributed by atoms with E-state index in [0.717, 1.165) is 23.7 Å². The Balaban J connectivity index is 1.89. The van der Waals surface area contributed by atoms with Gasteiger partial charge in [0, 0.05) is 17.5 Å². The molecule has 1 aliphatic heterocycles. The Morgan fingerprint density at radius 2 is 1.73 bits per heavy atom. The second-order valence-electron chi connectivity index (χ2n) is 9.29. The fourth-order valence-corrected chi connectivity index (χ4v) is 5.97. The molecule has 3 aliphatic rings. The maximum Gasteiger partial charge on any atom is 0.164 e. The van der Waals surface area contributed by atoms with Gasteiger partial charge in [-0.3, -0.25) is 0 Å². The van der Waals surface area contributed by atoms with Gasteiger partial charge in [-0.15, -0.1) is 0 Å². The molecule has 4 rings (SSSR count). The lowest BCUT2D eigenvalue weighted by molar-refractivity contribution is 0.0781. The number of benzene rings is 1. The van der Waals surface area contributed by atoms with Crippen LogP contribution in [0.1, 0.15) is 64.9 Å². The summed E-state index contributed by atoms with van der Waals surface area (Å²) in [6, 6.07) is 4.19. The molecule has 0 radical (unpaired) electrons. The summed E-state index contributed by atoms with van der Waals surface area (Å²) in [4.78, 5) is 0. The third kappa shape index (κ3) is 2.39. The van der Waals surface area contributed by atoms with Gasteiger partial charge < -0.3 is 14.2 Å². The molecule has 3 heteroatoms. The highest BCUT2D eigenvalue weighted by atomic mass is 16.5. The third-order valence-electron chi connectivity index (χ3n) is 7.23. The van der Waals surface area contributed by atoms with Crippen LogP contribution in [0.3, 0.4) is 0 Å². The monoisotopic (exact) mass is 356 g/mol. The number of hydrogen-bond donors (Lipinski definition) is 0. The van der Waals surface area contributed by atoms with Gasteiger partial charge in [0.05, 0.1) is 14.2 Å². The van der Waals surface area contributed by atoms with Crippen LogP contribution in [-0.2, 0) is 0 Å². The number of fused-ring (bicyclic) bond motifs is 5. The van der Waals surface area contributed by atoms with E-state index in [2.05, 4.69) is 39.8 Å². The SMILES string of the molecule is COc1cc2c(cc1OC)C1[C@@H](O2)[C@H](C)CC=C2C(C)(C)CCC[C@@]21C. The van der Waals surface area contributed by atoms with E-state index in [4.69, 9.17) is 14.2 Å². The molecule has 4 atom stereocenters. The van der Waals surface area contributed by atoms with Crippen molar-refractivity contribution in [3.05, 3.63) is 29.3 Å². The molecule has 1 aromatic carbocycles. The van der Waals surface area contributed by atoms with Crippen molar-refractivity contribution in [1.29, 1.82) is 0 Å². The lowest BCUT2D eigenvalue weighted by Crippen LogP contribution is -2.42. The Labute approximate surface area is 157 Å². The average Bonchev–Trinajstić information content (AvgIpc) is 2.93. The Kier molecular flexibility index (Phi) is 4.05. The zero-order chi connectivity index (χ0) is 18.7. The molecule has 1 fully saturated rings. The van der Waals surface area contributed by atoms with Gasteiger partial charge in [0.2, 0.25) is 0 Å². The molecule has 0 amide bonds. The molecule has 0 saturated heterocycles. The topological polar surface area (TPSA) is 27.7 Å². The number of methoxy groups -OCH3 is 2. The van der Waals surface area contributed by atoms with Crippen LogP contribution in [0.4, 0.5) is 0 Å². The molecule has 1 heterocycles. The average molecular weight is 357 g/mol. The highest BCUT2D eigenvalue weighted by Crippen LogP contribution is 2.64. The summed E-state index contributed by atoms with van der Waals surface area (Å²) < 4.78 is 17.7. The fraction of sp³-hybridized carbons (Fsp3) is 0.652. The Bertz CT molecular complexity index is 748. The molecule has 1 unspecified atom stereocenters. The Morgan fingerprint density at radius 1 is 1.04 bits per heavy atom. The van der Waals surface area contributed by atoms with Crippen LogP contribution in [0.25, 0.3) is 0 Å². The molecule has 0 bridgehead atoms. The van der Waals surface area contributed by atoms with E-state index < -0.39 is 0 Å². The summed E-state index contributed by atoms with van der Waals surface area (Å²) >= 11 is 0. The minimum Gasteiger partial charge on any atom is -0.493 e. The quantitative estimate of drug-likeness (QED) is 0.633. The van der Waals surface area contributed by atoms with E-state index in [9.17, 15) is 0 Å². The first-order valence-corrected chi connectivity index (χ1v) is 9.95. The van der Waals surface area contributed by atoms with Crippen LogP contribution in [0.5, 0.6) is 17.2 Å². The number of allylic oxidation sites excluding steroid dienone is 2. The van der Waals surface area contributed by atoms with Crippen molar-refractivity contribution >= 4 is 0 Å². The van der Waals surface area contributed by atoms with E-state index >= 15 is 0 Å². The van der Waals surface area contributed by atoms with Gasteiger partial charge >= 0.3 is 0 Å². The zero-order valence-electron chi connectivity index (χ0n) is 17.0. The molecular weight excluding hydrogens is 324 g/mol. The van der Waals surface area contributed by atoms with Crippen molar-refractivity contribution in [3.8, 4) is 17.2 Å². The van der Waals surface area contributed by atoms with Crippen molar-refractivity contribution in [3.63, 3.8) is 0 Å². The van der Waals surface area contributed by atoms with Crippen LogP contribution < -0.4 is 14.2 Å². The van der Waals surface area contributed by atoms with Crippen molar-refractivity contribution in [2.45, 2.75) is 65.4 Å². The number of ether oxygens (including phenoxy) is 3. The van der Waals surface area contributed by atoms with E-state index in [1.165, 1.54) is 24.8 Å². The van der Waals surface area contributed by atoms with Gasteiger partial charge in [-0.25, -0.2) is 0 Å². The first-order chi connectivity index (χ1) is 12.3. The molecule has 26 heavy (non-hydrogen) atoms. The summed E-state index contributed by atoms with van der Waals surface area (Å²) in [5, 5.41) is 0. The maximum absolute atomic E-state index is 6.56. The molecule has 1 aromatic rings. The molecule has 0 aromatic heterocycles. The first-order valence-electron chi connectivity index (χ1n) is 9.95. The van der Waals surface area contributed by atoms with E-state index in [-0.39, 0.29) is 16.9 Å². The minimum absolute atomic E-state index is 0.141. The van der Waals surface area contributed by atoms with Crippen LogP contribution in [-0.4, -0.2) is 20.3 Å².